The lowest BCUT2D eigenvalue weighted by Crippen LogP contribution is -2.41. The number of urea groups is 1. The molecule has 0 saturated carbocycles. The van der Waals surface area contributed by atoms with Gasteiger partial charge in [0, 0.05) is 23.4 Å². The summed E-state index contributed by atoms with van der Waals surface area (Å²) >= 11 is 0. The standard InChI is InChI=1S/C28H29N3O3/c1-17-11-12-19(18(2)14-17)30-27(33)31-22-9-6-5-8-20(22)29-21-15-28(3,4)16-23(32)25(21)26(31)24-10-7-13-34-24/h5-14,26,29H,15-16H2,1-4H3,(H,30,33)/t26-/m0/s1. The molecule has 0 fully saturated rings. The smallest absolute Gasteiger partial charge is 0.327 e. The largest absolute Gasteiger partial charge is 0.467 e. The maximum absolute atomic E-state index is 13.9. The highest BCUT2D eigenvalue weighted by Gasteiger charge is 2.44. The fourth-order valence-corrected chi connectivity index (χ4v) is 5.06. The van der Waals surface area contributed by atoms with Crippen molar-refractivity contribution in [2.75, 3.05) is 15.5 Å². The van der Waals surface area contributed by atoms with Crippen molar-refractivity contribution < 1.29 is 14.0 Å². The zero-order valence-corrected chi connectivity index (χ0v) is 19.9. The van der Waals surface area contributed by atoms with Crippen LogP contribution in [0.15, 0.2) is 76.5 Å². The Morgan fingerprint density at radius 1 is 1.09 bits per heavy atom. The van der Waals surface area contributed by atoms with E-state index in [0.717, 1.165) is 28.2 Å². The molecule has 0 spiro atoms. The van der Waals surface area contributed by atoms with Gasteiger partial charge in [0.05, 0.1) is 17.6 Å². The summed E-state index contributed by atoms with van der Waals surface area (Å²) in [7, 11) is 0. The van der Waals surface area contributed by atoms with E-state index < -0.39 is 6.04 Å². The van der Waals surface area contributed by atoms with Crippen molar-refractivity contribution in [1.29, 1.82) is 0 Å². The summed E-state index contributed by atoms with van der Waals surface area (Å²) in [6.07, 6.45) is 2.69. The van der Waals surface area contributed by atoms with Crippen molar-refractivity contribution in [2.24, 2.45) is 5.41 Å². The zero-order chi connectivity index (χ0) is 24.0. The molecular weight excluding hydrogens is 426 g/mol. The van der Waals surface area contributed by atoms with Crippen LogP contribution in [0, 0.1) is 19.3 Å². The Morgan fingerprint density at radius 3 is 2.62 bits per heavy atom. The van der Waals surface area contributed by atoms with Gasteiger partial charge in [-0.2, -0.15) is 0 Å². The number of amides is 2. The summed E-state index contributed by atoms with van der Waals surface area (Å²) in [4.78, 5) is 29.2. The van der Waals surface area contributed by atoms with Crippen molar-refractivity contribution in [3.63, 3.8) is 0 Å². The molecule has 2 amide bonds. The number of rotatable bonds is 2. The van der Waals surface area contributed by atoms with E-state index in [4.69, 9.17) is 4.42 Å². The van der Waals surface area contributed by atoms with Crippen LogP contribution < -0.4 is 15.5 Å². The first kappa shape index (κ1) is 22.0. The van der Waals surface area contributed by atoms with Crippen molar-refractivity contribution in [3.05, 3.63) is 89.0 Å². The number of furan rings is 1. The molecule has 3 aromatic rings. The summed E-state index contributed by atoms with van der Waals surface area (Å²) in [5, 5.41) is 6.58. The molecule has 5 rings (SSSR count). The van der Waals surface area contributed by atoms with Crippen molar-refractivity contribution >= 4 is 28.9 Å². The number of ketones is 1. The Labute approximate surface area is 199 Å². The molecular formula is C28H29N3O3. The van der Waals surface area contributed by atoms with E-state index in [1.165, 1.54) is 0 Å². The highest BCUT2D eigenvalue weighted by Crippen LogP contribution is 2.48. The molecule has 2 N–H and O–H groups in total. The molecule has 6 nitrogen and oxygen atoms in total. The molecule has 0 radical (unpaired) electrons. The number of hydrogen-bond donors (Lipinski definition) is 2. The van der Waals surface area contributed by atoms with E-state index in [1.807, 2.05) is 62.4 Å². The topological polar surface area (TPSA) is 74.6 Å². The number of allylic oxidation sites excluding steroid dienone is 1. The van der Waals surface area contributed by atoms with Crippen molar-refractivity contribution in [3.8, 4) is 0 Å². The average molecular weight is 456 g/mol. The Kier molecular flexibility index (Phi) is 5.31. The molecule has 2 aliphatic rings. The molecule has 0 saturated heterocycles. The molecule has 6 heteroatoms. The number of carbonyl (C=O) groups excluding carboxylic acids is 2. The minimum atomic E-state index is -0.685. The molecule has 174 valence electrons. The van der Waals surface area contributed by atoms with Crippen LogP contribution in [-0.2, 0) is 4.79 Å². The Morgan fingerprint density at radius 2 is 1.88 bits per heavy atom. The number of fused-ring (bicyclic) bond motifs is 1. The number of hydrogen-bond acceptors (Lipinski definition) is 4. The van der Waals surface area contributed by atoms with E-state index in [0.29, 0.717) is 29.9 Å². The summed E-state index contributed by atoms with van der Waals surface area (Å²) in [5.41, 5.74) is 5.55. The van der Waals surface area contributed by atoms with Crippen molar-refractivity contribution in [1.82, 2.24) is 0 Å². The number of anilines is 3. The maximum Gasteiger partial charge on any atom is 0.327 e. The molecule has 2 heterocycles. The first-order valence-corrected chi connectivity index (χ1v) is 11.6. The molecule has 0 unspecified atom stereocenters. The SMILES string of the molecule is Cc1ccc(NC(=O)N2c3ccccc3NC3=C(C(=O)CC(C)(C)C3)[C@@H]2c2ccco2)c(C)c1. The third-order valence-electron chi connectivity index (χ3n) is 6.56. The third-order valence-corrected chi connectivity index (χ3v) is 6.56. The maximum atomic E-state index is 13.9. The van der Waals surface area contributed by atoms with Crippen LogP contribution in [0.5, 0.6) is 0 Å². The van der Waals surface area contributed by atoms with Crippen LogP contribution in [0.3, 0.4) is 0 Å². The zero-order valence-electron chi connectivity index (χ0n) is 19.9. The van der Waals surface area contributed by atoms with E-state index >= 15 is 0 Å². The highest BCUT2D eigenvalue weighted by molar-refractivity contribution is 6.09. The number of nitrogens with zero attached hydrogens (tertiary/aromatic N) is 1. The summed E-state index contributed by atoms with van der Waals surface area (Å²) < 4.78 is 5.83. The fraction of sp³-hybridized carbons (Fsp3) is 0.286. The van der Waals surface area contributed by atoms with E-state index in [-0.39, 0.29) is 17.2 Å². The van der Waals surface area contributed by atoms with Gasteiger partial charge in [0.2, 0.25) is 0 Å². The lowest BCUT2D eigenvalue weighted by Gasteiger charge is -2.36. The van der Waals surface area contributed by atoms with Crippen LogP contribution in [0.1, 0.15) is 49.6 Å². The van der Waals surface area contributed by atoms with Crippen LogP contribution in [-0.4, -0.2) is 11.8 Å². The highest BCUT2D eigenvalue weighted by atomic mass is 16.3. The molecule has 1 aliphatic heterocycles. The Hall–Kier alpha value is -3.80. The van der Waals surface area contributed by atoms with Gasteiger partial charge in [-0.1, -0.05) is 43.7 Å². The molecule has 0 bridgehead atoms. The molecule has 34 heavy (non-hydrogen) atoms. The second kappa shape index (κ2) is 8.20. The van der Waals surface area contributed by atoms with Crippen LogP contribution in [0.4, 0.5) is 21.9 Å². The van der Waals surface area contributed by atoms with Gasteiger partial charge in [-0.25, -0.2) is 4.79 Å². The molecule has 2 aromatic carbocycles. The molecule has 1 aromatic heterocycles. The summed E-state index contributed by atoms with van der Waals surface area (Å²) in [6, 6.07) is 16.2. The van der Waals surface area contributed by atoms with E-state index in [2.05, 4.69) is 24.5 Å². The van der Waals surface area contributed by atoms with Gasteiger partial charge in [-0.3, -0.25) is 9.69 Å². The number of carbonyl (C=O) groups is 2. The normalized spacial score (nSPS) is 19.1. The predicted molar refractivity (Wildman–Crippen MR) is 134 cm³/mol. The van der Waals surface area contributed by atoms with Gasteiger partial charge in [-0.05, 0) is 61.6 Å². The monoisotopic (exact) mass is 455 g/mol. The van der Waals surface area contributed by atoms with Crippen LogP contribution in [0.2, 0.25) is 0 Å². The first-order valence-electron chi connectivity index (χ1n) is 11.6. The first-order chi connectivity index (χ1) is 16.2. The second-order valence-corrected chi connectivity index (χ2v) is 10.0. The lowest BCUT2D eigenvalue weighted by atomic mass is 9.74. The van der Waals surface area contributed by atoms with Gasteiger partial charge >= 0.3 is 6.03 Å². The Balaban J connectivity index is 1.68. The summed E-state index contributed by atoms with van der Waals surface area (Å²) in [6.45, 7) is 8.18. The van der Waals surface area contributed by atoms with Crippen molar-refractivity contribution in [2.45, 2.75) is 46.6 Å². The predicted octanol–water partition coefficient (Wildman–Crippen LogP) is 6.74. The number of nitrogens with one attached hydrogen (secondary N) is 2. The quantitative estimate of drug-likeness (QED) is 0.448. The van der Waals surface area contributed by atoms with Crippen LogP contribution >= 0.6 is 0 Å². The number of benzene rings is 2. The average Bonchev–Trinajstić information content (AvgIpc) is 3.24. The lowest BCUT2D eigenvalue weighted by molar-refractivity contribution is -0.118. The van der Waals surface area contributed by atoms with E-state index in [1.54, 1.807) is 17.2 Å². The number of Topliss-reactive ketones (excluding diaryl/α,β-unsaturated/α-hetero) is 1. The van der Waals surface area contributed by atoms with Gasteiger partial charge in [0.25, 0.3) is 0 Å². The third kappa shape index (κ3) is 3.89. The Bertz CT molecular complexity index is 1300. The summed E-state index contributed by atoms with van der Waals surface area (Å²) in [5.74, 6) is 0.576. The minimum absolute atomic E-state index is 0.0253. The van der Waals surface area contributed by atoms with Crippen LogP contribution in [0.25, 0.3) is 0 Å². The van der Waals surface area contributed by atoms with E-state index in [9.17, 15) is 9.59 Å². The fourth-order valence-electron chi connectivity index (χ4n) is 5.06. The van der Waals surface area contributed by atoms with Gasteiger partial charge in [-0.15, -0.1) is 0 Å². The molecule has 1 aliphatic carbocycles. The molecule has 1 atom stereocenters. The van der Waals surface area contributed by atoms with Gasteiger partial charge in [0.15, 0.2) is 5.78 Å². The number of aryl methyl sites for hydroxylation is 2. The van der Waals surface area contributed by atoms with Gasteiger partial charge < -0.3 is 15.1 Å². The number of para-hydroxylation sites is 2. The second-order valence-electron chi connectivity index (χ2n) is 10.0. The minimum Gasteiger partial charge on any atom is -0.467 e. The van der Waals surface area contributed by atoms with Gasteiger partial charge in [0.1, 0.15) is 11.8 Å².